The van der Waals surface area contributed by atoms with Gasteiger partial charge in [0.15, 0.2) is 0 Å². The molecule has 2 rings (SSSR count). The van der Waals surface area contributed by atoms with Crippen LogP contribution < -0.4 is 0 Å². The molecule has 1 heterocycles. The summed E-state index contributed by atoms with van der Waals surface area (Å²) in [5.74, 6) is 1.26. The Kier molecular flexibility index (Phi) is 4.28. The minimum atomic E-state index is 0.158. The maximum Gasteiger partial charge on any atom is 0.254 e. The Morgan fingerprint density at radius 1 is 1.44 bits per heavy atom. The average Bonchev–Trinajstić information content (AvgIpc) is 2.41. The number of aryl methyl sites for hydroxylation is 2. The smallest absolute Gasteiger partial charge is 0.254 e. The molecule has 3 heteroatoms. The van der Waals surface area contributed by atoms with Gasteiger partial charge in [-0.15, -0.1) is 11.6 Å². The molecule has 1 saturated heterocycles. The molecule has 1 aliphatic rings. The van der Waals surface area contributed by atoms with Crippen molar-refractivity contribution >= 4 is 17.5 Å². The third-order valence-electron chi connectivity index (χ3n) is 3.65. The Balaban J connectivity index is 2.17. The van der Waals surface area contributed by atoms with E-state index in [4.69, 9.17) is 11.6 Å². The summed E-state index contributed by atoms with van der Waals surface area (Å²) in [7, 11) is 0. The van der Waals surface area contributed by atoms with Crippen molar-refractivity contribution in [3.63, 3.8) is 0 Å². The topological polar surface area (TPSA) is 20.3 Å². The van der Waals surface area contributed by atoms with Crippen LogP contribution in [0.3, 0.4) is 0 Å². The molecule has 0 aromatic heterocycles. The molecule has 2 nitrogen and oxygen atoms in total. The molecule has 1 amide bonds. The second-order valence-corrected chi connectivity index (χ2v) is 5.54. The number of carbonyl (C=O) groups excluding carboxylic acids is 1. The van der Waals surface area contributed by atoms with Gasteiger partial charge in [0.05, 0.1) is 0 Å². The van der Waals surface area contributed by atoms with E-state index in [9.17, 15) is 4.79 Å². The lowest BCUT2D eigenvalue weighted by Gasteiger charge is -2.32. The van der Waals surface area contributed by atoms with Crippen molar-refractivity contribution in [2.75, 3.05) is 19.0 Å². The van der Waals surface area contributed by atoms with Crippen LogP contribution in [0.5, 0.6) is 0 Å². The van der Waals surface area contributed by atoms with Crippen molar-refractivity contribution in [3.8, 4) is 0 Å². The normalized spacial score (nSPS) is 19.9. The number of hydrogen-bond donors (Lipinski definition) is 0. The van der Waals surface area contributed by atoms with Gasteiger partial charge in [-0.05, 0) is 44.2 Å². The predicted octanol–water partition coefficient (Wildman–Crippen LogP) is 3.39. The Bertz CT molecular complexity index is 444. The van der Waals surface area contributed by atoms with Crippen LogP contribution in [0.25, 0.3) is 0 Å². The van der Waals surface area contributed by atoms with Crippen molar-refractivity contribution in [3.05, 3.63) is 34.9 Å². The molecule has 0 aliphatic carbocycles. The fraction of sp³-hybridized carbons (Fsp3) is 0.533. The quantitative estimate of drug-likeness (QED) is 0.751. The predicted molar refractivity (Wildman–Crippen MR) is 75.3 cm³/mol. The van der Waals surface area contributed by atoms with E-state index in [1.165, 1.54) is 0 Å². The number of carbonyl (C=O) groups is 1. The molecule has 1 aromatic rings. The fourth-order valence-electron chi connectivity index (χ4n) is 2.51. The average molecular weight is 266 g/mol. The van der Waals surface area contributed by atoms with Gasteiger partial charge in [-0.2, -0.15) is 0 Å². The van der Waals surface area contributed by atoms with Gasteiger partial charge in [-0.3, -0.25) is 4.79 Å². The monoisotopic (exact) mass is 265 g/mol. The molecule has 18 heavy (non-hydrogen) atoms. The van der Waals surface area contributed by atoms with Crippen LogP contribution in [0.4, 0.5) is 0 Å². The molecule has 1 atom stereocenters. The number of likely N-dealkylation sites (tertiary alicyclic amines) is 1. The zero-order chi connectivity index (χ0) is 13.1. The lowest BCUT2D eigenvalue weighted by atomic mass is 9.98. The van der Waals surface area contributed by atoms with Crippen LogP contribution in [0.2, 0.25) is 0 Å². The van der Waals surface area contributed by atoms with Gasteiger partial charge in [0.25, 0.3) is 5.91 Å². The van der Waals surface area contributed by atoms with E-state index in [0.717, 1.165) is 42.6 Å². The molecule has 1 aromatic carbocycles. The van der Waals surface area contributed by atoms with Gasteiger partial charge in [0, 0.05) is 24.5 Å². The Labute approximate surface area is 114 Å². The van der Waals surface area contributed by atoms with Crippen LogP contribution in [-0.2, 0) is 0 Å². The zero-order valence-electron chi connectivity index (χ0n) is 11.1. The first kappa shape index (κ1) is 13.4. The summed E-state index contributed by atoms with van der Waals surface area (Å²) in [5.41, 5.74) is 3.03. The molecule has 0 N–H and O–H groups in total. The van der Waals surface area contributed by atoms with E-state index in [2.05, 4.69) is 0 Å². The minimum absolute atomic E-state index is 0.158. The first-order chi connectivity index (χ1) is 8.61. The fourth-order valence-corrected chi connectivity index (χ4v) is 2.76. The number of alkyl halides is 1. The second-order valence-electron chi connectivity index (χ2n) is 5.23. The third-order valence-corrected chi connectivity index (χ3v) is 4.08. The Morgan fingerprint density at radius 3 is 2.94 bits per heavy atom. The highest BCUT2D eigenvalue weighted by Crippen LogP contribution is 2.21. The molecule has 1 aliphatic heterocycles. The number of piperidine rings is 1. The van der Waals surface area contributed by atoms with Gasteiger partial charge < -0.3 is 4.90 Å². The SMILES string of the molecule is Cc1ccc(C)c(C(=O)N2CCCC(CCl)C2)c1. The highest BCUT2D eigenvalue weighted by atomic mass is 35.5. The number of amides is 1. The summed E-state index contributed by atoms with van der Waals surface area (Å²) in [4.78, 5) is 14.5. The molecular weight excluding hydrogens is 246 g/mol. The summed E-state index contributed by atoms with van der Waals surface area (Å²) in [6, 6.07) is 6.05. The van der Waals surface area contributed by atoms with E-state index in [0.29, 0.717) is 11.8 Å². The van der Waals surface area contributed by atoms with E-state index >= 15 is 0 Å². The van der Waals surface area contributed by atoms with E-state index in [1.54, 1.807) is 0 Å². The van der Waals surface area contributed by atoms with Crippen molar-refractivity contribution in [1.29, 1.82) is 0 Å². The summed E-state index contributed by atoms with van der Waals surface area (Å²) in [5, 5.41) is 0. The van der Waals surface area contributed by atoms with Crippen molar-refractivity contribution in [2.24, 2.45) is 5.92 Å². The first-order valence-electron chi connectivity index (χ1n) is 6.54. The van der Waals surface area contributed by atoms with Crippen LogP contribution >= 0.6 is 11.6 Å². The number of benzene rings is 1. The van der Waals surface area contributed by atoms with Crippen LogP contribution in [0.1, 0.15) is 34.3 Å². The maximum atomic E-state index is 12.5. The maximum absolute atomic E-state index is 12.5. The van der Waals surface area contributed by atoms with Gasteiger partial charge >= 0.3 is 0 Å². The molecular formula is C15H20ClNO. The summed E-state index contributed by atoms with van der Waals surface area (Å²) < 4.78 is 0. The highest BCUT2D eigenvalue weighted by molar-refractivity contribution is 6.18. The van der Waals surface area contributed by atoms with Crippen molar-refractivity contribution in [1.82, 2.24) is 4.90 Å². The Hall–Kier alpha value is -1.02. The third kappa shape index (κ3) is 2.86. The number of hydrogen-bond acceptors (Lipinski definition) is 1. The van der Waals surface area contributed by atoms with E-state index in [1.807, 2.05) is 36.9 Å². The van der Waals surface area contributed by atoms with Gasteiger partial charge in [0.2, 0.25) is 0 Å². The standard InChI is InChI=1S/C15H20ClNO/c1-11-5-6-12(2)14(8-11)15(18)17-7-3-4-13(9-16)10-17/h5-6,8,13H,3-4,7,9-10H2,1-2H3. The number of rotatable bonds is 2. The first-order valence-corrected chi connectivity index (χ1v) is 7.07. The summed E-state index contributed by atoms with van der Waals surface area (Å²) in [6.07, 6.45) is 2.20. The molecule has 1 unspecified atom stereocenters. The largest absolute Gasteiger partial charge is 0.338 e. The number of halogens is 1. The Morgan fingerprint density at radius 2 is 2.22 bits per heavy atom. The van der Waals surface area contributed by atoms with Gasteiger partial charge in [-0.25, -0.2) is 0 Å². The summed E-state index contributed by atoms with van der Waals surface area (Å²) >= 11 is 5.91. The minimum Gasteiger partial charge on any atom is -0.338 e. The molecule has 1 fully saturated rings. The van der Waals surface area contributed by atoms with Crippen LogP contribution in [-0.4, -0.2) is 29.8 Å². The van der Waals surface area contributed by atoms with Gasteiger partial charge in [-0.1, -0.05) is 17.7 Å². The zero-order valence-corrected chi connectivity index (χ0v) is 11.8. The second kappa shape index (κ2) is 5.75. The van der Waals surface area contributed by atoms with Crippen LogP contribution in [0, 0.1) is 19.8 Å². The van der Waals surface area contributed by atoms with E-state index in [-0.39, 0.29) is 5.91 Å². The molecule has 0 spiro atoms. The highest BCUT2D eigenvalue weighted by Gasteiger charge is 2.24. The molecule has 0 radical (unpaired) electrons. The van der Waals surface area contributed by atoms with Crippen molar-refractivity contribution in [2.45, 2.75) is 26.7 Å². The summed E-state index contributed by atoms with van der Waals surface area (Å²) in [6.45, 7) is 5.68. The van der Waals surface area contributed by atoms with Gasteiger partial charge in [0.1, 0.15) is 0 Å². The van der Waals surface area contributed by atoms with Crippen molar-refractivity contribution < 1.29 is 4.79 Å². The van der Waals surface area contributed by atoms with Crippen LogP contribution in [0.15, 0.2) is 18.2 Å². The molecule has 0 bridgehead atoms. The lowest BCUT2D eigenvalue weighted by Crippen LogP contribution is -2.40. The number of nitrogens with zero attached hydrogens (tertiary/aromatic N) is 1. The molecule has 98 valence electrons. The lowest BCUT2D eigenvalue weighted by molar-refractivity contribution is 0.0684. The molecule has 0 saturated carbocycles. The van der Waals surface area contributed by atoms with E-state index < -0.39 is 0 Å².